The van der Waals surface area contributed by atoms with E-state index in [9.17, 15) is 18.8 Å². The fourth-order valence-corrected chi connectivity index (χ4v) is 2.52. The molecule has 24 heavy (non-hydrogen) atoms. The number of carbonyl (C=O) groups excluding carboxylic acids is 3. The van der Waals surface area contributed by atoms with Crippen LogP contribution in [0.25, 0.3) is 0 Å². The lowest BCUT2D eigenvalue weighted by atomic mass is 9.92. The number of urea groups is 1. The predicted octanol–water partition coefficient (Wildman–Crippen LogP) is 1.75. The molecule has 0 radical (unpaired) electrons. The third kappa shape index (κ3) is 3.72. The van der Waals surface area contributed by atoms with Crippen LogP contribution >= 0.6 is 0 Å². The first-order valence-electron chi connectivity index (χ1n) is 7.91. The minimum atomic E-state index is -1.30. The fraction of sp³-hybridized carbons (Fsp3) is 0.471. The highest BCUT2D eigenvalue weighted by atomic mass is 19.1. The van der Waals surface area contributed by atoms with Gasteiger partial charge < -0.3 is 10.6 Å². The molecule has 2 N–H and O–H groups in total. The molecule has 1 unspecified atom stereocenters. The molecule has 1 saturated heterocycles. The van der Waals surface area contributed by atoms with E-state index in [2.05, 4.69) is 10.6 Å². The summed E-state index contributed by atoms with van der Waals surface area (Å²) in [6.07, 6.45) is 0.819. The highest BCUT2D eigenvalue weighted by Gasteiger charge is 2.49. The van der Waals surface area contributed by atoms with Gasteiger partial charge in [0, 0.05) is 6.54 Å². The van der Waals surface area contributed by atoms with E-state index >= 15 is 0 Å². The maximum atomic E-state index is 13.1. The topological polar surface area (TPSA) is 78.5 Å². The highest BCUT2D eigenvalue weighted by molar-refractivity contribution is 6.09. The van der Waals surface area contributed by atoms with Crippen LogP contribution in [0.15, 0.2) is 24.3 Å². The van der Waals surface area contributed by atoms with Crippen LogP contribution in [0.2, 0.25) is 0 Å². The highest BCUT2D eigenvalue weighted by Crippen LogP contribution is 2.28. The Bertz CT molecular complexity index is 645. The molecule has 0 bridgehead atoms. The Morgan fingerprint density at radius 3 is 2.50 bits per heavy atom. The third-order valence-electron chi connectivity index (χ3n) is 4.04. The van der Waals surface area contributed by atoms with Gasteiger partial charge in [0.15, 0.2) is 0 Å². The zero-order valence-corrected chi connectivity index (χ0v) is 14.1. The number of hydrogen-bond donors (Lipinski definition) is 2. The molecular formula is C17H22FN3O3. The van der Waals surface area contributed by atoms with Crippen LogP contribution in [0, 0.1) is 11.7 Å². The van der Waals surface area contributed by atoms with Gasteiger partial charge in [0.2, 0.25) is 5.91 Å². The van der Waals surface area contributed by atoms with E-state index in [1.807, 2.05) is 13.8 Å². The van der Waals surface area contributed by atoms with E-state index < -0.39 is 23.3 Å². The summed E-state index contributed by atoms with van der Waals surface area (Å²) in [6.45, 7) is 5.78. The van der Waals surface area contributed by atoms with Gasteiger partial charge in [-0.3, -0.25) is 14.5 Å². The molecule has 1 atom stereocenters. The van der Waals surface area contributed by atoms with Crippen LogP contribution in [0.5, 0.6) is 0 Å². The van der Waals surface area contributed by atoms with E-state index in [1.165, 1.54) is 31.2 Å². The lowest BCUT2D eigenvalue weighted by Crippen LogP contribution is -2.43. The minimum absolute atomic E-state index is 0.334. The number of benzene rings is 1. The lowest BCUT2D eigenvalue weighted by Gasteiger charge is -2.22. The maximum Gasteiger partial charge on any atom is 0.325 e. The normalized spacial score (nSPS) is 20.5. The Labute approximate surface area is 140 Å². The molecular weight excluding hydrogens is 313 g/mol. The molecule has 1 aliphatic heterocycles. The Balaban J connectivity index is 2.05. The summed E-state index contributed by atoms with van der Waals surface area (Å²) < 4.78 is 13.1. The van der Waals surface area contributed by atoms with Crippen molar-refractivity contribution < 1.29 is 18.8 Å². The molecule has 0 aromatic heterocycles. The van der Waals surface area contributed by atoms with Gasteiger partial charge in [-0.25, -0.2) is 9.18 Å². The number of amides is 4. The van der Waals surface area contributed by atoms with Gasteiger partial charge in [0.25, 0.3) is 5.91 Å². The van der Waals surface area contributed by atoms with Crippen molar-refractivity contribution in [2.24, 2.45) is 5.92 Å². The molecule has 130 valence electrons. The number of rotatable bonds is 6. The van der Waals surface area contributed by atoms with E-state index in [0.29, 0.717) is 18.0 Å². The molecule has 0 aliphatic carbocycles. The van der Waals surface area contributed by atoms with Crippen molar-refractivity contribution in [1.82, 2.24) is 15.5 Å². The van der Waals surface area contributed by atoms with Gasteiger partial charge in [-0.05, 0) is 37.0 Å². The SMILES string of the molecule is CC(C)CCNC(=O)CN1C(=O)NC(C)(c2ccc(F)cc2)C1=O. The lowest BCUT2D eigenvalue weighted by molar-refractivity contribution is -0.134. The average Bonchev–Trinajstić information content (AvgIpc) is 2.72. The van der Waals surface area contributed by atoms with Crippen molar-refractivity contribution in [2.75, 3.05) is 13.1 Å². The molecule has 0 saturated carbocycles. The van der Waals surface area contributed by atoms with E-state index in [1.54, 1.807) is 0 Å². The number of nitrogens with zero attached hydrogens (tertiary/aromatic N) is 1. The molecule has 1 aliphatic rings. The van der Waals surface area contributed by atoms with Gasteiger partial charge in [0.1, 0.15) is 17.9 Å². The number of halogens is 1. The third-order valence-corrected chi connectivity index (χ3v) is 4.04. The monoisotopic (exact) mass is 335 g/mol. The zero-order chi connectivity index (χ0) is 17.9. The summed E-state index contributed by atoms with van der Waals surface area (Å²) >= 11 is 0. The van der Waals surface area contributed by atoms with Crippen molar-refractivity contribution in [3.05, 3.63) is 35.6 Å². The van der Waals surface area contributed by atoms with Crippen LogP contribution in [-0.4, -0.2) is 35.8 Å². The quantitative estimate of drug-likeness (QED) is 0.778. The Morgan fingerprint density at radius 1 is 1.29 bits per heavy atom. The first-order valence-corrected chi connectivity index (χ1v) is 7.91. The first kappa shape index (κ1) is 17.9. The summed E-state index contributed by atoms with van der Waals surface area (Å²) in [6, 6.07) is 4.70. The van der Waals surface area contributed by atoms with Gasteiger partial charge in [-0.1, -0.05) is 26.0 Å². The minimum Gasteiger partial charge on any atom is -0.355 e. The summed E-state index contributed by atoms with van der Waals surface area (Å²) in [5.41, 5.74) is -0.840. The first-order chi connectivity index (χ1) is 11.2. The molecule has 2 rings (SSSR count). The largest absolute Gasteiger partial charge is 0.355 e. The van der Waals surface area contributed by atoms with Crippen LogP contribution in [0.3, 0.4) is 0 Å². The molecule has 1 aromatic carbocycles. The summed E-state index contributed by atoms with van der Waals surface area (Å²) in [4.78, 5) is 37.5. The zero-order valence-electron chi connectivity index (χ0n) is 14.1. The smallest absolute Gasteiger partial charge is 0.325 e. The van der Waals surface area contributed by atoms with Gasteiger partial charge in [-0.2, -0.15) is 0 Å². The summed E-state index contributed by atoms with van der Waals surface area (Å²) in [7, 11) is 0. The van der Waals surface area contributed by atoms with Crippen LogP contribution in [-0.2, 0) is 15.1 Å². The Morgan fingerprint density at radius 2 is 1.92 bits per heavy atom. The van der Waals surface area contributed by atoms with Crippen molar-refractivity contribution in [2.45, 2.75) is 32.7 Å². The number of nitrogens with one attached hydrogen (secondary N) is 2. The van der Waals surface area contributed by atoms with Crippen LogP contribution in [0.1, 0.15) is 32.8 Å². The maximum absolute atomic E-state index is 13.1. The average molecular weight is 335 g/mol. The van der Waals surface area contributed by atoms with Crippen LogP contribution < -0.4 is 10.6 Å². The molecule has 4 amide bonds. The second-order valence-electron chi connectivity index (χ2n) is 6.49. The van der Waals surface area contributed by atoms with Gasteiger partial charge in [0.05, 0.1) is 0 Å². The summed E-state index contributed by atoms with van der Waals surface area (Å²) in [5.74, 6) is -0.898. The van der Waals surface area contributed by atoms with E-state index in [-0.39, 0.29) is 12.5 Å². The second-order valence-corrected chi connectivity index (χ2v) is 6.49. The molecule has 1 aromatic rings. The fourth-order valence-electron chi connectivity index (χ4n) is 2.52. The van der Waals surface area contributed by atoms with Crippen LogP contribution in [0.4, 0.5) is 9.18 Å². The van der Waals surface area contributed by atoms with Crippen molar-refractivity contribution in [1.29, 1.82) is 0 Å². The predicted molar refractivity (Wildman–Crippen MR) is 86.5 cm³/mol. The summed E-state index contributed by atoms with van der Waals surface area (Å²) in [5, 5.41) is 5.27. The molecule has 7 heteroatoms. The van der Waals surface area contributed by atoms with Crippen molar-refractivity contribution in [3.8, 4) is 0 Å². The Kier molecular flexibility index (Phi) is 5.21. The molecule has 0 spiro atoms. The number of carbonyl (C=O) groups is 3. The number of imide groups is 1. The second kappa shape index (κ2) is 6.98. The molecule has 1 heterocycles. The number of hydrogen-bond acceptors (Lipinski definition) is 3. The van der Waals surface area contributed by atoms with Gasteiger partial charge in [-0.15, -0.1) is 0 Å². The Hall–Kier alpha value is -2.44. The molecule has 1 fully saturated rings. The standard InChI is InChI=1S/C17H22FN3O3/c1-11(2)8-9-19-14(22)10-21-15(23)17(3,20-16(21)24)12-4-6-13(18)7-5-12/h4-7,11H,8-10H2,1-3H3,(H,19,22)(H,20,24). The molecule has 6 nitrogen and oxygen atoms in total. The van der Waals surface area contributed by atoms with Crippen molar-refractivity contribution in [3.63, 3.8) is 0 Å². The van der Waals surface area contributed by atoms with Crippen molar-refractivity contribution >= 4 is 17.8 Å². The van der Waals surface area contributed by atoms with E-state index in [4.69, 9.17) is 0 Å². The van der Waals surface area contributed by atoms with Gasteiger partial charge >= 0.3 is 6.03 Å². The van der Waals surface area contributed by atoms with E-state index in [0.717, 1.165) is 11.3 Å².